The van der Waals surface area contributed by atoms with Crippen molar-refractivity contribution in [3.8, 4) is 6.07 Å². The summed E-state index contributed by atoms with van der Waals surface area (Å²) in [6.07, 6.45) is 5.52. The lowest BCUT2D eigenvalue weighted by molar-refractivity contribution is -0.183. The van der Waals surface area contributed by atoms with Crippen LogP contribution in [0.2, 0.25) is 0 Å². The zero-order chi connectivity index (χ0) is 22.9. The fraction of sp³-hybridized carbons (Fsp3) is 0.400. The summed E-state index contributed by atoms with van der Waals surface area (Å²) in [6, 6.07) is 10.5. The normalized spacial score (nSPS) is 23.1. The molecule has 0 N–H and O–H groups in total. The molecule has 1 saturated heterocycles. The maximum absolute atomic E-state index is 13.9. The molecule has 3 aromatic rings. The SMILES string of the molecule is N#Cc1cc(F)cc([C@@H]2CCON2C(=O)C2CCC(Cn3ncc4cc(F)ccc43)CC2)c1. The van der Waals surface area contributed by atoms with E-state index in [2.05, 4.69) is 5.10 Å². The highest BCUT2D eigenvalue weighted by molar-refractivity contribution is 5.79. The maximum Gasteiger partial charge on any atom is 0.249 e. The first-order chi connectivity index (χ1) is 16.0. The molecule has 0 bridgehead atoms. The third kappa shape index (κ3) is 4.33. The number of carbonyl (C=O) groups is 1. The highest BCUT2D eigenvalue weighted by Crippen LogP contribution is 2.37. The molecule has 170 valence electrons. The predicted octanol–water partition coefficient (Wildman–Crippen LogP) is 4.90. The molecule has 2 fully saturated rings. The Kier molecular flexibility index (Phi) is 5.81. The zero-order valence-corrected chi connectivity index (χ0v) is 18.1. The molecule has 1 aromatic heterocycles. The number of benzene rings is 2. The highest BCUT2D eigenvalue weighted by atomic mass is 19.1. The number of nitrogens with zero attached hydrogens (tertiary/aromatic N) is 4. The van der Waals surface area contributed by atoms with Gasteiger partial charge in [0.25, 0.3) is 0 Å². The second kappa shape index (κ2) is 8.91. The van der Waals surface area contributed by atoms with E-state index in [1.54, 1.807) is 18.3 Å². The minimum absolute atomic E-state index is 0.0706. The van der Waals surface area contributed by atoms with Crippen LogP contribution in [0.4, 0.5) is 8.78 Å². The summed E-state index contributed by atoms with van der Waals surface area (Å²) >= 11 is 0. The molecule has 1 aliphatic carbocycles. The molecule has 2 aromatic carbocycles. The van der Waals surface area contributed by atoms with Gasteiger partial charge in [0.2, 0.25) is 5.91 Å². The van der Waals surface area contributed by atoms with Crippen LogP contribution in [-0.2, 0) is 16.2 Å². The number of rotatable bonds is 4. The molecule has 1 atom stereocenters. The summed E-state index contributed by atoms with van der Waals surface area (Å²) in [4.78, 5) is 18.9. The monoisotopic (exact) mass is 450 g/mol. The minimum atomic E-state index is -0.488. The van der Waals surface area contributed by atoms with Crippen LogP contribution in [0.15, 0.2) is 42.6 Å². The van der Waals surface area contributed by atoms with Crippen molar-refractivity contribution in [2.75, 3.05) is 6.61 Å². The second-order valence-electron chi connectivity index (χ2n) is 8.93. The predicted molar refractivity (Wildman–Crippen MR) is 116 cm³/mol. The summed E-state index contributed by atoms with van der Waals surface area (Å²) in [5.74, 6) is -0.588. The number of hydrogen-bond donors (Lipinski definition) is 0. The largest absolute Gasteiger partial charge is 0.272 e. The molecular weight excluding hydrogens is 426 g/mol. The summed E-state index contributed by atoms with van der Waals surface area (Å²) in [7, 11) is 0. The number of halogens is 2. The van der Waals surface area contributed by atoms with Gasteiger partial charge >= 0.3 is 0 Å². The average Bonchev–Trinajstić information content (AvgIpc) is 3.46. The number of fused-ring (bicyclic) bond motifs is 1. The van der Waals surface area contributed by atoms with Crippen molar-refractivity contribution in [1.82, 2.24) is 14.8 Å². The number of hydroxylamine groups is 2. The first kappa shape index (κ1) is 21.5. The second-order valence-corrected chi connectivity index (χ2v) is 8.93. The molecule has 2 aliphatic rings. The lowest BCUT2D eigenvalue weighted by Crippen LogP contribution is -2.37. The van der Waals surface area contributed by atoms with E-state index in [-0.39, 0.29) is 29.2 Å². The van der Waals surface area contributed by atoms with Crippen LogP contribution < -0.4 is 0 Å². The lowest BCUT2D eigenvalue weighted by Gasteiger charge is -2.32. The Labute approximate surface area is 190 Å². The van der Waals surface area contributed by atoms with E-state index in [4.69, 9.17) is 10.1 Å². The van der Waals surface area contributed by atoms with Gasteiger partial charge in [-0.15, -0.1) is 0 Å². The Hall–Kier alpha value is -3.31. The minimum Gasteiger partial charge on any atom is -0.272 e. The third-order valence-corrected chi connectivity index (χ3v) is 6.79. The van der Waals surface area contributed by atoms with Crippen LogP contribution in [0.5, 0.6) is 0 Å². The first-order valence-corrected chi connectivity index (χ1v) is 11.3. The number of amides is 1. The Balaban J connectivity index is 1.23. The van der Waals surface area contributed by atoms with Crippen LogP contribution in [0.25, 0.3) is 10.9 Å². The Morgan fingerprint density at radius 2 is 1.91 bits per heavy atom. The molecule has 33 heavy (non-hydrogen) atoms. The molecule has 0 radical (unpaired) electrons. The van der Waals surface area contributed by atoms with Gasteiger partial charge in [-0.2, -0.15) is 10.4 Å². The first-order valence-electron chi connectivity index (χ1n) is 11.3. The molecule has 1 amide bonds. The van der Waals surface area contributed by atoms with Gasteiger partial charge in [-0.1, -0.05) is 0 Å². The van der Waals surface area contributed by atoms with Gasteiger partial charge in [0, 0.05) is 24.3 Å². The Bertz CT molecular complexity index is 1230. The van der Waals surface area contributed by atoms with Gasteiger partial charge in [0.05, 0.1) is 36.0 Å². The van der Waals surface area contributed by atoms with E-state index in [0.717, 1.165) is 43.1 Å². The van der Waals surface area contributed by atoms with Crippen molar-refractivity contribution in [2.24, 2.45) is 11.8 Å². The zero-order valence-electron chi connectivity index (χ0n) is 18.1. The van der Waals surface area contributed by atoms with Crippen LogP contribution in [0.1, 0.15) is 49.3 Å². The smallest absolute Gasteiger partial charge is 0.249 e. The van der Waals surface area contributed by atoms with Crippen molar-refractivity contribution >= 4 is 16.8 Å². The summed E-state index contributed by atoms with van der Waals surface area (Å²) in [6.45, 7) is 1.12. The van der Waals surface area contributed by atoms with Crippen LogP contribution in [0, 0.1) is 34.8 Å². The molecule has 8 heteroatoms. The summed E-state index contributed by atoms with van der Waals surface area (Å²) < 4.78 is 29.3. The quantitative estimate of drug-likeness (QED) is 0.567. The topological polar surface area (TPSA) is 71.2 Å². The van der Waals surface area contributed by atoms with Crippen molar-refractivity contribution in [3.05, 3.63) is 65.4 Å². The molecule has 5 rings (SSSR count). The van der Waals surface area contributed by atoms with E-state index in [9.17, 15) is 13.6 Å². The fourth-order valence-electron chi connectivity index (χ4n) is 5.08. The van der Waals surface area contributed by atoms with Crippen LogP contribution in [0.3, 0.4) is 0 Å². The number of carbonyl (C=O) groups excluding carboxylic acids is 1. The average molecular weight is 450 g/mol. The van der Waals surface area contributed by atoms with E-state index in [1.165, 1.54) is 29.3 Å². The Morgan fingerprint density at radius 3 is 2.70 bits per heavy atom. The standard InChI is InChI=1S/C25H24F2N4O2/c26-21-5-6-23-20(12-21)14-29-30(23)15-16-1-3-18(4-2-16)25(32)31-24(7-8-33-31)19-9-17(13-28)10-22(27)11-19/h5-6,9-12,14,16,18,24H,1-4,7-8,15H2/t16?,18?,24-/m0/s1. The molecule has 1 saturated carbocycles. The molecular formula is C25H24F2N4O2. The van der Waals surface area contributed by atoms with Gasteiger partial charge in [-0.05, 0) is 73.6 Å². The summed E-state index contributed by atoms with van der Waals surface area (Å²) in [5, 5.41) is 15.7. The number of hydrogen-bond acceptors (Lipinski definition) is 4. The van der Waals surface area contributed by atoms with E-state index in [0.29, 0.717) is 24.5 Å². The van der Waals surface area contributed by atoms with Gasteiger partial charge in [0.15, 0.2) is 0 Å². The lowest BCUT2D eigenvalue weighted by atomic mass is 9.81. The van der Waals surface area contributed by atoms with Gasteiger partial charge in [-0.3, -0.25) is 14.3 Å². The molecule has 6 nitrogen and oxygen atoms in total. The van der Waals surface area contributed by atoms with Crippen LogP contribution in [-0.4, -0.2) is 27.4 Å². The number of aromatic nitrogens is 2. The third-order valence-electron chi connectivity index (χ3n) is 6.79. The maximum atomic E-state index is 13.9. The van der Waals surface area contributed by atoms with Crippen molar-refractivity contribution in [1.29, 1.82) is 5.26 Å². The Morgan fingerprint density at radius 1 is 1.09 bits per heavy atom. The molecule has 0 unspecified atom stereocenters. The molecule has 2 heterocycles. The van der Waals surface area contributed by atoms with Crippen molar-refractivity contribution < 1.29 is 18.4 Å². The van der Waals surface area contributed by atoms with Gasteiger partial charge in [0.1, 0.15) is 11.6 Å². The molecule has 0 spiro atoms. The van der Waals surface area contributed by atoms with Crippen molar-refractivity contribution in [2.45, 2.75) is 44.7 Å². The van der Waals surface area contributed by atoms with Crippen LogP contribution >= 0.6 is 0 Å². The fourth-order valence-corrected chi connectivity index (χ4v) is 5.08. The summed E-state index contributed by atoms with van der Waals surface area (Å²) in [5.41, 5.74) is 1.74. The van der Waals surface area contributed by atoms with Crippen molar-refractivity contribution in [3.63, 3.8) is 0 Å². The van der Waals surface area contributed by atoms with E-state index >= 15 is 0 Å². The van der Waals surface area contributed by atoms with E-state index in [1.807, 2.05) is 10.8 Å². The molecule has 1 aliphatic heterocycles. The number of nitriles is 1. The van der Waals surface area contributed by atoms with E-state index < -0.39 is 5.82 Å². The van der Waals surface area contributed by atoms with Gasteiger partial charge < -0.3 is 0 Å². The van der Waals surface area contributed by atoms with Gasteiger partial charge in [-0.25, -0.2) is 13.8 Å². The highest BCUT2D eigenvalue weighted by Gasteiger charge is 2.37.